The number of carbonyl (C=O) groups is 1. The molecule has 1 amide bonds. The quantitative estimate of drug-likeness (QED) is 0.735. The summed E-state index contributed by atoms with van der Waals surface area (Å²) in [6.45, 7) is 1.67. The third-order valence-corrected chi connectivity index (χ3v) is 4.42. The van der Waals surface area contributed by atoms with E-state index in [1.54, 1.807) is 29.5 Å². The number of ether oxygens (including phenoxy) is 1. The van der Waals surface area contributed by atoms with Crippen LogP contribution >= 0.6 is 11.3 Å². The fourth-order valence-corrected chi connectivity index (χ4v) is 3.14. The van der Waals surface area contributed by atoms with E-state index in [0.29, 0.717) is 11.3 Å². The molecular weight excluding hydrogens is 314 g/mol. The number of aliphatic hydroxyl groups excluding tert-OH is 2. The number of hydrogen-bond donors (Lipinski definition) is 3. The molecule has 0 radical (unpaired) electrons. The third-order valence-electron chi connectivity index (χ3n) is 3.47. The van der Waals surface area contributed by atoms with Crippen molar-refractivity contribution in [2.45, 2.75) is 13.0 Å². The van der Waals surface area contributed by atoms with Crippen LogP contribution in [0.3, 0.4) is 0 Å². The van der Waals surface area contributed by atoms with Crippen LogP contribution in [0, 0.1) is 6.92 Å². The average molecular weight is 331 g/mol. The van der Waals surface area contributed by atoms with Gasteiger partial charge in [0.15, 0.2) is 0 Å². The summed E-state index contributed by atoms with van der Waals surface area (Å²) in [5.41, 5.74) is 2.11. The molecule has 0 fully saturated rings. The predicted molar refractivity (Wildman–Crippen MR) is 90.6 cm³/mol. The first kappa shape index (κ1) is 15.7. The standard InChI is InChI=1S/C17H17NO4S/c1-10-2-4-13(23-10)7-15-14-6-12(22-9-11(20)8-19)3-5-16(14)18-17(15)21/h2-7,11,19-20H,8-9H2,1H3,(H,18,21). The molecule has 2 heterocycles. The van der Waals surface area contributed by atoms with Crippen LogP contribution in [0.5, 0.6) is 5.75 Å². The summed E-state index contributed by atoms with van der Waals surface area (Å²) in [6.07, 6.45) is 0.942. The zero-order chi connectivity index (χ0) is 16.4. The van der Waals surface area contributed by atoms with Gasteiger partial charge >= 0.3 is 0 Å². The Morgan fingerprint density at radius 3 is 2.87 bits per heavy atom. The van der Waals surface area contributed by atoms with E-state index in [1.165, 1.54) is 4.88 Å². The lowest BCUT2D eigenvalue weighted by Crippen LogP contribution is -2.21. The Balaban J connectivity index is 1.88. The van der Waals surface area contributed by atoms with Crippen molar-refractivity contribution in [1.29, 1.82) is 0 Å². The van der Waals surface area contributed by atoms with Gasteiger partial charge in [0.25, 0.3) is 5.91 Å². The van der Waals surface area contributed by atoms with Crippen LogP contribution in [0.25, 0.3) is 11.6 Å². The summed E-state index contributed by atoms with van der Waals surface area (Å²) in [5.74, 6) is 0.402. The molecule has 0 spiro atoms. The number of rotatable bonds is 5. The van der Waals surface area contributed by atoms with E-state index < -0.39 is 6.10 Å². The van der Waals surface area contributed by atoms with Crippen LogP contribution in [0.1, 0.15) is 15.3 Å². The maximum absolute atomic E-state index is 12.2. The number of hydrogen-bond acceptors (Lipinski definition) is 5. The summed E-state index contributed by atoms with van der Waals surface area (Å²) in [5, 5.41) is 21.0. The van der Waals surface area contributed by atoms with Gasteiger partial charge in [-0.1, -0.05) is 0 Å². The zero-order valence-corrected chi connectivity index (χ0v) is 13.4. The molecule has 6 heteroatoms. The molecule has 0 saturated carbocycles. The van der Waals surface area contributed by atoms with Gasteiger partial charge in [0.05, 0.1) is 12.2 Å². The normalized spacial score (nSPS) is 16.3. The lowest BCUT2D eigenvalue weighted by molar-refractivity contribution is -0.110. The van der Waals surface area contributed by atoms with Crippen molar-refractivity contribution in [2.75, 3.05) is 18.5 Å². The largest absolute Gasteiger partial charge is 0.491 e. The summed E-state index contributed by atoms with van der Waals surface area (Å²) in [6, 6.07) is 9.26. The van der Waals surface area contributed by atoms with Crippen LogP contribution in [0.4, 0.5) is 5.69 Å². The van der Waals surface area contributed by atoms with E-state index >= 15 is 0 Å². The van der Waals surface area contributed by atoms with Gasteiger partial charge in [0, 0.05) is 21.0 Å². The molecule has 1 aliphatic heterocycles. The van der Waals surface area contributed by atoms with Crippen LogP contribution in [0.15, 0.2) is 30.3 Å². The van der Waals surface area contributed by atoms with Crippen LogP contribution < -0.4 is 10.1 Å². The molecular formula is C17H17NO4S. The monoisotopic (exact) mass is 331 g/mol. The van der Waals surface area contributed by atoms with Gasteiger partial charge in [-0.05, 0) is 43.3 Å². The summed E-state index contributed by atoms with van der Waals surface area (Å²) in [4.78, 5) is 14.4. The summed E-state index contributed by atoms with van der Waals surface area (Å²) < 4.78 is 5.45. The lowest BCUT2D eigenvalue weighted by Gasteiger charge is -2.10. The van der Waals surface area contributed by atoms with E-state index in [1.807, 2.05) is 25.1 Å². The number of fused-ring (bicyclic) bond motifs is 1. The summed E-state index contributed by atoms with van der Waals surface area (Å²) >= 11 is 1.62. The maximum atomic E-state index is 12.2. The van der Waals surface area contributed by atoms with Crippen molar-refractivity contribution in [3.8, 4) is 5.75 Å². The van der Waals surface area contributed by atoms with Gasteiger partial charge in [0.2, 0.25) is 0 Å². The van der Waals surface area contributed by atoms with Crippen LogP contribution in [-0.4, -0.2) is 35.4 Å². The first-order valence-corrected chi connectivity index (χ1v) is 8.04. The smallest absolute Gasteiger partial charge is 0.256 e. The minimum atomic E-state index is -0.924. The van der Waals surface area contributed by atoms with Gasteiger partial charge in [-0.25, -0.2) is 0 Å². The molecule has 1 aromatic heterocycles. The fraction of sp³-hybridized carbons (Fsp3) is 0.235. The number of benzene rings is 1. The molecule has 0 aliphatic carbocycles. The Morgan fingerprint density at radius 1 is 1.35 bits per heavy atom. The highest BCUT2D eigenvalue weighted by Crippen LogP contribution is 2.36. The maximum Gasteiger partial charge on any atom is 0.256 e. The van der Waals surface area contributed by atoms with Gasteiger partial charge in [0.1, 0.15) is 18.5 Å². The summed E-state index contributed by atoms with van der Waals surface area (Å²) in [7, 11) is 0. The van der Waals surface area contributed by atoms with Crippen molar-refractivity contribution < 1.29 is 19.7 Å². The van der Waals surface area contributed by atoms with E-state index in [-0.39, 0.29) is 19.1 Å². The van der Waals surface area contributed by atoms with Crippen molar-refractivity contribution in [1.82, 2.24) is 0 Å². The fourth-order valence-electron chi connectivity index (χ4n) is 2.32. The Morgan fingerprint density at radius 2 is 2.17 bits per heavy atom. The number of anilines is 1. The molecule has 5 nitrogen and oxygen atoms in total. The molecule has 0 bridgehead atoms. The van der Waals surface area contributed by atoms with Crippen LogP contribution in [-0.2, 0) is 4.79 Å². The molecule has 3 N–H and O–H groups in total. The minimum absolute atomic E-state index is 0.000170. The molecule has 3 rings (SSSR count). The first-order valence-electron chi connectivity index (χ1n) is 7.22. The number of aryl methyl sites for hydroxylation is 1. The van der Waals surface area contributed by atoms with Gasteiger partial charge in [-0.15, -0.1) is 11.3 Å². The highest BCUT2D eigenvalue weighted by Gasteiger charge is 2.24. The Kier molecular flexibility index (Phi) is 4.47. The number of thiophene rings is 1. The number of amides is 1. The van der Waals surface area contributed by atoms with E-state index in [2.05, 4.69) is 5.32 Å². The SMILES string of the molecule is Cc1ccc(C=C2C(=O)Nc3ccc(OCC(O)CO)cc32)s1. The molecule has 1 unspecified atom stereocenters. The average Bonchev–Trinajstić information content (AvgIpc) is 3.09. The highest BCUT2D eigenvalue weighted by molar-refractivity contribution is 7.12. The molecule has 1 aromatic carbocycles. The van der Waals surface area contributed by atoms with E-state index in [9.17, 15) is 9.90 Å². The Labute approximate surface area is 137 Å². The molecule has 2 aromatic rings. The van der Waals surface area contributed by atoms with Crippen molar-refractivity contribution in [3.05, 3.63) is 45.6 Å². The van der Waals surface area contributed by atoms with Crippen molar-refractivity contribution in [3.63, 3.8) is 0 Å². The second kappa shape index (κ2) is 6.54. The van der Waals surface area contributed by atoms with E-state index in [4.69, 9.17) is 9.84 Å². The molecule has 23 heavy (non-hydrogen) atoms. The van der Waals surface area contributed by atoms with Gasteiger partial charge in [-0.3, -0.25) is 4.79 Å². The number of carbonyl (C=O) groups excluding carboxylic acids is 1. The minimum Gasteiger partial charge on any atom is -0.491 e. The zero-order valence-electron chi connectivity index (χ0n) is 12.6. The Bertz CT molecular complexity index is 766. The van der Waals surface area contributed by atoms with E-state index in [0.717, 1.165) is 16.1 Å². The molecule has 120 valence electrons. The molecule has 1 aliphatic rings. The van der Waals surface area contributed by atoms with Gasteiger partial charge < -0.3 is 20.3 Å². The topological polar surface area (TPSA) is 78.8 Å². The first-order chi connectivity index (χ1) is 11.1. The third kappa shape index (κ3) is 3.44. The highest BCUT2D eigenvalue weighted by atomic mass is 32.1. The lowest BCUT2D eigenvalue weighted by atomic mass is 10.1. The van der Waals surface area contributed by atoms with Crippen LogP contribution in [0.2, 0.25) is 0 Å². The second-order valence-electron chi connectivity index (χ2n) is 5.32. The molecule has 1 atom stereocenters. The van der Waals surface area contributed by atoms with Crippen molar-refractivity contribution in [2.24, 2.45) is 0 Å². The number of aliphatic hydroxyl groups is 2. The number of nitrogens with one attached hydrogen (secondary N) is 1. The molecule has 0 saturated heterocycles. The van der Waals surface area contributed by atoms with Gasteiger partial charge in [-0.2, -0.15) is 0 Å². The second-order valence-corrected chi connectivity index (χ2v) is 6.63. The Hall–Kier alpha value is -2.15. The van der Waals surface area contributed by atoms with Crippen molar-refractivity contribution >= 4 is 34.6 Å². The predicted octanol–water partition coefficient (Wildman–Crippen LogP) is 2.28.